The molecular formula is C19H15N3O. The van der Waals surface area contributed by atoms with Crippen LogP contribution in [0.5, 0.6) is 5.75 Å². The van der Waals surface area contributed by atoms with Crippen LogP contribution in [-0.4, -0.2) is 22.1 Å². The lowest BCUT2D eigenvalue weighted by atomic mass is 10.1. The summed E-state index contributed by atoms with van der Waals surface area (Å²) in [6, 6.07) is 16.1. The highest BCUT2D eigenvalue weighted by atomic mass is 16.5. The molecule has 0 atom stereocenters. The first-order valence-corrected chi connectivity index (χ1v) is 7.37. The number of H-pyrrole nitrogens is 1. The third-order valence-electron chi connectivity index (χ3n) is 3.87. The average Bonchev–Trinajstić information content (AvgIpc) is 3.09. The second-order valence-corrected chi connectivity index (χ2v) is 5.30. The molecule has 4 nitrogen and oxygen atoms in total. The van der Waals surface area contributed by atoms with E-state index >= 15 is 0 Å². The molecule has 2 aromatic heterocycles. The molecule has 0 fully saturated rings. The lowest BCUT2D eigenvalue weighted by Gasteiger charge is -2.06. The van der Waals surface area contributed by atoms with Crippen molar-refractivity contribution in [3.63, 3.8) is 0 Å². The minimum atomic E-state index is 0.829. The van der Waals surface area contributed by atoms with Crippen LogP contribution in [0.1, 0.15) is 0 Å². The Balaban J connectivity index is 1.75. The van der Waals surface area contributed by atoms with Gasteiger partial charge in [0.25, 0.3) is 0 Å². The van der Waals surface area contributed by atoms with Crippen molar-refractivity contribution in [3.8, 4) is 28.3 Å². The second kappa shape index (κ2) is 5.57. The van der Waals surface area contributed by atoms with Gasteiger partial charge in [-0.1, -0.05) is 6.07 Å². The fourth-order valence-electron chi connectivity index (χ4n) is 2.62. The van der Waals surface area contributed by atoms with E-state index in [1.807, 2.05) is 30.5 Å². The van der Waals surface area contributed by atoms with Gasteiger partial charge in [0.2, 0.25) is 0 Å². The highest BCUT2D eigenvalue weighted by molar-refractivity contribution is 5.84. The zero-order chi connectivity index (χ0) is 15.6. The fourth-order valence-corrected chi connectivity index (χ4v) is 2.62. The second-order valence-electron chi connectivity index (χ2n) is 5.30. The summed E-state index contributed by atoms with van der Waals surface area (Å²) >= 11 is 0. The van der Waals surface area contributed by atoms with Crippen LogP contribution in [0.4, 0.5) is 0 Å². The largest absolute Gasteiger partial charge is 0.497 e. The maximum absolute atomic E-state index is 5.19. The Kier molecular flexibility index (Phi) is 3.27. The maximum atomic E-state index is 5.19. The molecule has 0 saturated heterocycles. The van der Waals surface area contributed by atoms with Crippen LogP contribution in [0, 0.1) is 0 Å². The zero-order valence-corrected chi connectivity index (χ0v) is 12.7. The summed E-state index contributed by atoms with van der Waals surface area (Å²) in [6.45, 7) is 0. The van der Waals surface area contributed by atoms with E-state index in [-0.39, 0.29) is 0 Å². The van der Waals surface area contributed by atoms with Crippen molar-refractivity contribution < 1.29 is 4.74 Å². The van der Waals surface area contributed by atoms with Crippen molar-refractivity contribution in [2.24, 2.45) is 0 Å². The standard InChI is InChI=1S/C19H15N3O/c1-23-16-5-2-13(3-6-16)18-11-20-12-19(22-18)14-4-7-17-15(10-14)8-9-21-17/h2-12,21H,1H3. The molecule has 0 radical (unpaired) electrons. The van der Waals surface area contributed by atoms with Gasteiger partial charge in [0.05, 0.1) is 30.9 Å². The van der Waals surface area contributed by atoms with Crippen molar-refractivity contribution in [3.05, 3.63) is 67.1 Å². The molecule has 0 aliphatic carbocycles. The van der Waals surface area contributed by atoms with E-state index in [4.69, 9.17) is 9.72 Å². The van der Waals surface area contributed by atoms with Gasteiger partial charge in [0, 0.05) is 28.2 Å². The molecule has 0 unspecified atom stereocenters. The van der Waals surface area contributed by atoms with Gasteiger partial charge in [0.1, 0.15) is 5.75 Å². The van der Waals surface area contributed by atoms with Crippen LogP contribution in [0.3, 0.4) is 0 Å². The van der Waals surface area contributed by atoms with Crippen LogP contribution in [0.15, 0.2) is 67.1 Å². The Morgan fingerprint density at radius 3 is 2.39 bits per heavy atom. The summed E-state index contributed by atoms with van der Waals surface area (Å²) in [4.78, 5) is 12.3. The van der Waals surface area contributed by atoms with Crippen LogP contribution in [-0.2, 0) is 0 Å². The Morgan fingerprint density at radius 1 is 0.870 bits per heavy atom. The number of hydrogen-bond acceptors (Lipinski definition) is 3. The summed E-state index contributed by atoms with van der Waals surface area (Å²) in [5.41, 5.74) is 4.90. The normalized spacial score (nSPS) is 10.8. The number of benzene rings is 2. The fraction of sp³-hybridized carbons (Fsp3) is 0.0526. The number of nitrogens with zero attached hydrogens (tertiary/aromatic N) is 2. The summed E-state index contributed by atoms with van der Waals surface area (Å²) in [5, 5.41) is 1.17. The van der Waals surface area contributed by atoms with E-state index in [0.717, 1.165) is 33.8 Å². The van der Waals surface area contributed by atoms with Gasteiger partial charge in [-0.05, 0) is 42.5 Å². The molecule has 0 bridgehead atoms. The molecule has 2 heterocycles. The van der Waals surface area contributed by atoms with Crippen LogP contribution in [0.25, 0.3) is 33.4 Å². The summed E-state index contributed by atoms with van der Waals surface area (Å²) in [7, 11) is 1.66. The maximum Gasteiger partial charge on any atom is 0.118 e. The summed E-state index contributed by atoms with van der Waals surface area (Å²) < 4.78 is 5.19. The molecule has 0 aliphatic rings. The van der Waals surface area contributed by atoms with Gasteiger partial charge in [-0.3, -0.25) is 4.98 Å². The van der Waals surface area contributed by atoms with Crippen molar-refractivity contribution in [1.82, 2.24) is 15.0 Å². The lowest BCUT2D eigenvalue weighted by molar-refractivity contribution is 0.415. The smallest absolute Gasteiger partial charge is 0.118 e. The summed E-state index contributed by atoms with van der Waals surface area (Å²) in [6.07, 6.45) is 5.51. The van der Waals surface area contributed by atoms with E-state index in [2.05, 4.69) is 34.2 Å². The van der Waals surface area contributed by atoms with E-state index in [9.17, 15) is 0 Å². The zero-order valence-electron chi connectivity index (χ0n) is 12.7. The minimum absolute atomic E-state index is 0.829. The number of hydrogen-bond donors (Lipinski definition) is 1. The number of rotatable bonds is 3. The van der Waals surface area contributed by atoms with Crippen molar-refractivity contribution in [2.45, 2.75) is 0 Å². The molecule has 4 aromatic rings. The molecule has 0 saturated carbocycles. The molecule has 4 rings (SSSR count). The molecule has 112 valence electrons. The number of aromatic amines is 1. The lowest BCUT2D eigenvalue weighted by Crippen LogP contribution is -1.90. The first-order chi connectivity index (χ1) is 11.3. The Morgan fingerprint density at radius 2 is 1.61 bits per heavy atom. The highest BCUT2D eigenvalue weighted by Gasteiger charge is 2.06. The van der Waals surface area contributed by atoms with E-state index < -0.39 is 0 Å². The topological polar surface area (TPSA) is 50.8 Å². The van der Waals surface area contributed by atoms with Gasteiger partial charge >= 0.3 is 0 Å². The van der Waals surface area contributed by atoms with Gasteiger partial charge in [-0.25, -0.2) is 4.98 Å². The van der Waals surface area contributed by atoms with Crippen molar-refractivity contribution >= 4 is 10.9 Å². The molecule has 1 N–H and O–H groups in total. The Labute approximate surface area is 133 Å². The summed E-state index contributed by atoms with van der Waals surface area (Å²) in [5.74, 6) is 0.829. The molecule has 0 amide bonds. The number of ether oxygens (including phenoxy) is 1. The predicted octanol–water partition coefficient (Wildman–Crippen LogP) is 4.30. The SMILES string of the molecule is COc1ccc(-c2cncc(-c3ccc4[nH]ccc4c3)n2)cc1. The van der Waals surface area contributed by atoms with Gasteiger partial charge in [-0.15, -0.1) is 0 Å². The molecule has 23 heavy (non-hydrogen) atoms. The highest BCUT2D eigenvalue weighted by Crippen LogP contribution is 2.25. The van der Waals surface area contributed by atoms with Crippen LogP contribution >= 0.6 is 0 Å². The molecule has 2 aromatic carbocycles. The number of nitrogens with one attached hydrogen (secondary N) is 1. The molecule has 0 aliphatic heterocycles. The third kappa shape index (κ3) is 2.55. The third-order valence-corrected chi connectivity index (χ3v) is 3.87. The Bertz CT molecular complexity index is 958. The monoisotopic (exact) mass is 301 g/mol. The number of fused-ring (bicyclic) bond motifs is 1. The van der Waals surface area contributed by atoms with E-state index in [0.29, 0.717) is 0 Å². The molecule has 4 heteroatoms. The van der Waals surface area contributed by atoms with Gasteiger partial charge in [0.15, 0.2) is 0 Å². The van der Waals surface area contributed by atoms with Crippen LogP contribution < -0.4 is 4.74 Å². The first-order valence-electron chi connectivity index (χ1n) is 7.37. The average molecular weight is 301 g/mol. The van der Waals surface area contributed by atoms with Crippen LogP contribution in [0.2, 0.25) is 0 Å². The van der Waals surface area contributed by atoms with Crippen molar-refractivity contribution in [1.29, 1.82) is 0 Å². The Hall–Kier alpha value is -3.14. The van der Waals surface area contributed by atoms with E-state index in [1.165, 1.54) is 5.39 Å². The van der Waals surface area contributed by atoms with E-state index in [1.54, 1.807) is 19.5 Å². The van der Waals surface area contributed by atoms with Crippen molar-refractivity contribution in [2.75, 3.05) is 7.11 Å². The quantitative estimate of drug-likeness (QED) is 0.614. The van der Waals surface area contributed by atoms with Gasteiger partial charge < -0.3 is 9.72 Å². The predicted molar refractivity (Wildman–Crippen MR) is 91.3 cm³/mol. The minimum Gasteiger partial charge on any atom is -0.497 e. The number of aromatic nitrogens is 3. The first kappa shape index (κ1) is 13.5. The molecule has 0 spiro atoms. The van der Waals surface area contributed by atoms with Gasteiger partial charge in [-0.2, -0.15) is 0 Å². The number of methoxy groups -OCH3 is 1. The molecular weight excluding hydrogens is 286 g/mol.